The molecule has 1 fully saturated rings. The molecule has 10 heteroatoms. The zero-order valence-corrected chi connectivity index (χ0v) is 18.8. The van der Waals surface area contributed by atoms with E-state index >= 15 is 0 Å². The quantitative estimate of drug-likeness (QED) is 0.658. The zero-order chi connectivity index (χ0) is 22.6. The van der Waals surface area contributed by atoms with Gasteiger partial charge in [-0.1, -0.05) is 29.8 Å². The van der Waals surface area contributed by atoms with Crippen molar-refractivity contribution in [3.63, 3.8) is 0 Å². The highest BCUT2D eigenvalue weighted by Crippen LogP contribution is 2.30. The maximum absolute atomic E-state index is 13.0. The normalized spacial score (nSPS) is 16.5. The molecule has 0 aromatic heterocycles. The topological polar surface area (TPSA) is 96.0 Å². The molecular formula is C21H24ClN3O5S. The van der Waals surface area contributed by atoms with E-state index in [0.717, 1.165) is 0 Å². The summed E-state index contributed by atoms with van der Waals surface area (Å²) in [6.07, 6.45) is 0. The molecule has 1 atom stereocenters. The Bertz CT molecular complexity index is 1050. The number of carbonyl (C=O) groups excluding carboxylic acids is 2. The van der Waals surface area contributed by atoms with Crippen molar-refractivity contribution in [1.82, 2.24) is 9.21 Å². The van der Waals surface area contributed by atoms with Crippen LogP contribution in [0.15, 0.2) is 53.4 Å². The second-order valence-corrected chi connectivity index (χ2v) is 9.44. The number of piperazine rings is 1. The summed E-state index contributed by atoms with van der Waals surface area (Å²) in [5.74, 6) is -0.677. The predicted molar refractivity (Wildman–Crippen MR) is 117 cm³/mol. The number of rotatable bonds is 6. The van der Waals surface area contributed by atoms with Gasteiger partial charge in [0.2, 0.25) is 15.9 Å². The molecular weight excluding hydrogens is 442 g/mol. The number of carbonyl (C=O) groups is 2. The molecule has 2 aromatic carbocycles. The van der Waals surface area contributed by atoms with Crippen LogP contribution in [-0.2, 0) is 24.3 Å². The largest absolute Gasteiger partial charge is 0.468 e. The molecule has 0 aliphatic carbocycles. The fourth-order valence-corrected chi connectivity index (χ4v) is 5.21. The Morgan fingerprint density at radius 2 is 1.65 bits per heavy atom. The number of amides is 1. The predicted octanol–water partition coefficient (Wildman–Crippen LogP) is 2.52. The SMILES string of the molecule is COC(=O)C(c1ccccc1Cl)N1CCN(S(=O)(=O)c2ccc(NC(C)=O)cc2)CC1. The lowest BCUT2D eigenvalue weighted by atomic mass is 10.0. The van der Waals surface area contributed by atoms with Crippen LogP contribution in [0.2, 0.25) is 5.02 Å². The van der Waals surface area contributed by atoms with Crippen molar-refractivity contribution in [2.45, 2.75) is 17.9 Å². The van der Waals surface area contributed by atoms with E-state index in [1.54, 1.807) is 36.4 Å². The molecule has 1 heterocycles. The van der Waals surface area contributed by atoms with Gasteiger partial charge in [0.1, 0.15) is 6.04 Å². The molecule has 0 spiro atoms. The molecule has 31 heavy (non-hydrogen) atoms. The molecule has 1 unspecified atom stereocenters. The average molecular weight is 466 g/mol. The molecule has 2 aromatic rings. The number of hydrogen-bond acceptors (Lipinski definition) is 6. The Hall–Kier alpha value is -2.46. The number of sulfonamides is 1. The van der Waals surface area contributed by atoms with Crippen LogP contribution in [-0.4, -0.2) is 62.8 Å². The number of nitrogens with zero attached hydrogens (tertiary/aromatic N) is 2. The first kappa shape index (κ1) is 23.2. The van der Waals surface area contributed by atoms with Gasteiger partial charge >= 0.3 is 5.97 Å². The van der Waals surface area contributed by atoms with E-state index in [-0.39, 0.29) is 23.9 Å². The third-order valence-corrected chi connectivity index (χ3v) is 7.33. The van der Waals surface area contributed by atoms with Crippen LogP contribution in [0.3, 0.4) is 0 Å². The highest BCUT2D eigenvalue weighted by molar-refractivity contribution is 7.89. The summed E-state index contributed by atoms with van der Waals surface area (Å²) in [6.45, 7) is 2.50. The van der Waals surface area contributed by atoms with E-state index in [0.29, 0.717) is 29.4 Å². The van der Waals surface area contributed by atoms with Gasteiger partial charge in [0, 0.05) is 43.8 Å². The van der Waals surface area contributed by atoms with E-state index in [1.807, 2.05) is 4.90 Å². The van der Waals surface area contributed by atoms with Crippen LogP contribution < -0.4 is 5.32 Å². The molecule has 1 saturated heterocycles. The highest BCUT2D eigenvalue weighted by Gasteiger charge is 2.35. The number of benzene rings is 2. The van der Waals surface area contributed by atoms with Crippen molar-refractivity contribution in [3.05, 3.63) is 59.1 Å². The Labute approximate surface area is 186 Å². The highest BCUT2D eigenvalue weighted by atomic mass is 35.5. The average Bonchev–Trinajstić information content (AvgIpc) is 2.75. The molecule has 1 aliphatic rings. The maximum atomic E-state index is 13.0. The van der Waals surface area contributed by atoms with E-state index in [4.69, 9.17) is 16.3 Å². The van der Waals surface area contributed by atoms with Crippen molar-refractivity contribution >= 4 is 39.2 Å². The Morgan fingerprint density at radius 3 is 2.19 bits per heavy atom. The van der Waals surface area contributed by atoms with Gasteiger partial charge in [-0.3, -0.25) is 9.69 Å². The Balaban J connectivity index is 1.74. The minimum absolute atomic E-state index is 0.144. The van der Waals surface area contributed by atoms with Gasteiger partial charge in [-0.25, -0.2) is 13.2 Å². The lowest BCUT2D eigenvalue weighted by molar-refractivity contribution is -0.147. The lowest BCUT2D eigenvalue weighted by Crippen LogP contribution is -2.51. The van der Waals surface area contributed by atoms with Crippen LogP contribution in [0.4, 0.5) is 5.69 Å². The zero-order valence-electron chi connectivity index (χ0n) is 17.2. The number of nitrogens with one attached hydrogen (secondary N) is 1. The summed E-state index contributed by atoms with van der Waals surface area (Å²) < 4.78 is 32.4. The minimum atomic E-state index is -3.70. The van der Waals surface area contributed by atoms with Crippen molar-refractivity contribution in [2.75, 3.05) is 38.6 Å². The van der Waals surface area contributed by atoms with Gasteiger partial charge < -0.3 is 10.1 Å². The van der Waals surface area contributed by atoms with Crippen LogP contribution >= 0.6 is 11.6 Å². The van der Waals surface area contributed by atoms with Gasteiger partial charge in [-0.2, -0.15) is 4.31 Å². The summed E-state index contributed by atoms with van der Waals surface area (Å²) in [4.78, 5) is 25.6. The first-order valence-corrected chi connectivity index (χ1v) is 11.5. The van der Waals surface area contributed by atoms with Gasteiger partial charge in [0.15, 0.2) is 0 Å². The summed E-state index contributed by atoms with van der Waals surface area (Å²) in [6, 6.07) is 12.4. The van der Waals surface area contributed by atoms with E-state index in [1.165, 1.54) is 30.5 Å². The molecule has 1 aliphatic heterocycles. The van der Waals surface area contributed by atoms with Crippen LogP contribution in [0.25, 0.3) is 0 Å². The number of ether oxygens (including phenoxy) is 1. The molecule has 8 nitrogen and oxygen atoms in total. The molecule has 1 N–H and O–H groups in total. The van der Waals surface area contributed by atoms with Crippen molar-refractivity contribution in [2.24, 2.45) is 0 Å². The van der Waals surface area contributed by atoms with Gasteiger partial charge in [-0.15, -0.1) is 0 Å². The van der Waals surface area contributed by atoms with Crippen molar-refractivity contribution in [1.29, 1.82) is 0 Å². The third-order valence-electron chi connectivity index (χ3n) is 5.08. The van der Waals surface area contributed by atoms with E-state index in [9.17, 15) is 18.0 Å². The molecule has 3 rings (SSSR count). The fourth-order valence-electron chi connectivity index (χ4n) is 3.55. The molecule has 0 radical (unpaired) electrons. The molecule has 0 bridgehead atoms. The van der Waals surface area contributed by atoms with E-state index < -0.39 is 22.0 Å². The van der Waals surface area contributed by atoms with Crippen LogP contribution in [0.1, 0.15) is 18.5 Å². The first-order chi connectivity index (χ1) is 14.7. The monoisotopic (exact) mass is 465 g/mol. The summed E-state index contributed by atoms with van der Waals surface area (Å²) in [5.41, 5.74) is 1.15. The minimum Gasteiger partial charge on any atom is -0.468 e. The summed E-state index contributed by atoms with van der Waals surface area (Å²) >= 11 is 6.30. The second kappa shape index (κ2) is 9.78. The number of methoxy groups -OCH3 is 1. The van der Waals surface area contributed by atoms with Crippen LogP contribution in [0, 0.1) is 0 Å². The Morgan fingerprint density at radius 1 is 1.03 bits per heavy atom. The smallest absolute Gasteiger partial charge is 0.327 e. The number of halogens is 1. The third kappa shape index (κ3) is 5.24. The maximum Gasteiger partial charge on any atom is 0.327 e. The first-order valence-electron chi connectivity index (χ1n) is 9.68. The lowest BCUT2D eigenvalue weighted by Gasteiger charge is -2.37. The van der Waals surface area contributed by atoms with Crippen molar-refractivity contribution in [3.8, 4) is 0 Å². The number of hydrogen-bond donors (Lipinski definition) is 1. The van der Waals surface area contributed by atoms with Crippen LogP contribution in [0.5, 0.6) is 0 Å². The molecule has 1 amide bonds. The van der Waals surface area contributed by atoms with Gasteiger partial charge in [0.05, 0.1) is 12.0 Å². The molecule has 166 valence electrons. The standard InChI is InChI=1S/C21H24ClN3O5S/c1-15(26)23-16-7-9-17(10-8-16)31(28,29)25-13-11-24(12-14-25)20(21(27)30-2)18-5-3-4-6-19(18)22/h3-10,20H,11-14H2,1-2H3,(H,23,26). The second-order valence-electron chi connectivity index (χ2n) is 7.09. The molecule has 0 saturated carbocycles. The van der Waals surface area contributed by atoms with E-state index in [2.05, 4.69) is 5.32 Å². The number of anilines is 1. The summed E-state index contributed by atoms with van der Waals surface area (Å²) in [5, 5.41) is 3.06. The summed E-state index contributed by atoms with van der Waals surface area (Å²) in [7, 11) is -2.39. The Kier molecular flexibility index (Phi) is 7.32. The van der Waals surface area contributed by atoms with Crippen molar-refractivity contribution < 1.29 is 22.7 Å². The van der Waals surface area contributed by atoms with Gasteiger partial charge in [-0.05, 0) is 35.9 Å². The van der Waals surface area contributed by atoms with Gasteiger partial charge in [0.25, 0.3) is 0 Å². The number of esters is 1. The fraction of sp³-hybridized carbons (Fsp3) is 0.333.